The zero-order valence-corrected chi connectivity index (χ0v) is 9.87. The van der Waals surface area contributed by atoms with Crippen LogP contribution in [0.25, 0.3) is 11.5 Å². The van der Waals surface area contributed by atoms with Gasteiger partial charge in [0, 0.05) is 12.7 Å². The van der Waals surface area contributed by atoms with Crippen molar-refractivity contribution in [3.63, 3.8) is 0 Å². The van der Waals surface area contributed by atoms with Gasteiger partial charge in [-0.05, 0) is 19.1 Å². The fourth-order valence-corrected chi connectivity index (χ4v) is 1.40. The molecule has 0 spiro atoms. The summed E-state index contributed by atoms with van der Waals surface area (Å²) < 4.78 is 5.07. The van der Waals surface area contributed by atoms with E-state index in [1.165, 1.54) is 0 Å². The summed E-state index contributed by atoms with van der Waals surface area (Å²) >= 11 is 0. The van der Waals surface area contributed by atoms with Crippen LogP contribution in [0, 0.1) is 6.92 Å². The van der Waals surface area contributed by atoms with Gasteiger partial charge in [0.05, 0.1) is 18.3 Å². The topological polar surface area (TPSA) is 104 Å². The van der Waals surface area contributed by atoms with E-state index in [1.54, 1.807) is 25.3 Å². The second-order valence-electron chi connectivity index (χ2n) is 3.76. The van der Waals surface area contributed by atoms with Crippen LogP contribution in [0.5, 0.6) is 0 Å². The minimum absolute atomic E-state index is 0.188. The molecule has 7 heteroatoms. The SMILES string of the molecule is Cc1noc(-c2cccnc2NCC(O)CO)n1. The number of hydrogen-bond acceptors (Lipinski definition) is 7. The fourth-order valence-electron chi connectivity index (χ4n) is 1.40. The minimum atomic E-state index is -0.843. The van der Waals surface area contributed by atoms with E-state index in [4.69, 9.17) is 9.63 Å². The van der Waals surface area contributed by atoms with Gasteiger partial charge in [-0.2, -0.15) is 4.98 Å². The van der Waals surface area contributed by atoms with Crippen LogP contribution in [0.2, 0.25) is 0 Å². The van der Waals surface area contributed by atoms with Crippen molar-refractivity contribution < 1.29 is 14.7 Å². The van der Waals surface area contributed by atoms with E-state index in [0.717, 1.165) is 0 Å². The number of rotatable bonds is 5. The van der Waals surface area contributed by atoms with Gasteiger partial charge in [-0.3, -0.25) is 0 Å². The van der Waals surface area contributed by atoms with Gasteiger partial charge >= 0.3 is 0 Å². The van der Waals surface area contributed by atoms with Crippen LogP contribution >= 0.6 is 0 Å². The molecular weight excluding hydrogens is 236 g/mol. The third kappa shape index (κ3) is 2.82. The highest BCUT2D eigenvalue weighted by Gasteiger charge is 2.13. The lowest BCUT2D eigenvalue weighted by Crippen LogP contribution is -2.23. The first-order valence-corrected chi connectivity index (χ1v) is 5.49. The number of anilines is 1. The van der Waals surface area contributed by atoms with Crippen molar-refractivity contribution in [1.82, 2.24) is 15.1 Å². The second-order valence-corrected chi connectivity index (χ2v) is 3.76. The van der Waals surface area contributed by atoms with Gasteiger partial charge in [0.15, 0.2) is 5.82 Å². The average Bonchev–Trinajstić information content (AvgIpc) is 2.83. The normalized spacial score (nSPS) is 12.4. The number of aliphatic hydroxyl groups is 2. The predicted molar refractivity (Wildman–Crippen MR) is 63.8 cm³/mol. The summed E-state index contributed by atoms with van der Waals surface area (Å²) in [4.78, 5) is 8.26. The van der Waals surface area contributed by atoms with Crippen molar-refractivity contribution in [3.05, 3.63) is 24.2 Å². The largest absolute Gasteiger partial charge is 0.394 e. The Kier molecular flexibility index (Phi) is 3.85. The maximum atomic E-state index is 9.29. The molecule has 2 rings (SSSR count). The summed E-state index contributed by atoms with van der Waals surface area (Å²) in [6.45, 7) is 1.61. The van der Waals surface area contributed by atoms with Gasteiger partial charge in [-0.25, -0.2) is 4.98 Å². The van der Waals surface area contributed by atoms with E-state index >= 15 is 0 Å². The highest BCUT2D eigenvalue weighted by Crippen LogP contribution is 2.23. The quantitative estimate of drug-likeness (QED) is 0.696. The summed E-state index contributed by atoms with van der Waals surface area (Å²) in [5.41, 5.74) is 0.656. The van der Waals surface area contributed by atoms with E-state index in [0.29, 0.717) is 23.1 Å². The zero-order chi connectivity index (χ0) is 13.0. The molecule has 2 aromatic heterocycles. The fraction of sp³-hybridized carbons (Fsp3) is 0.364. The molecule has 0 amide bonds. The number of aliphatic hydroxyl groups excluding tert-OH is 2. The maximum absolute atomic E-state index is 9.29. The molecule has 0 aliphatic carbocycles. The summed E-state index contributed by atoms with van der Waals surface area (Å²) in [7, 11) is 0. The third-order valence-corrected chi connectivity index (χ3v) is 2.28. The van der Waals surface area contributed by atoms with Gasteiger partial charge in [0.1, 0.15) is 5.82 Å². The number of hydrogen-bond donors (Lipinski definition) is 3. The van der Waals surface area contributed by atoms with Crippen LogP contribution in [0.1, 0.15) is 5.82 Å². The van der Waals surface area contributed by atoms with Crippen molar-refractivity contribution in [2.45, 2.75) is 13.0 Å². The number of nitrogens with one attached hydrogen (secondary N) is 1. The number of nitrogens with zero attached hydrogens (tertiary/aromatic N) is 3. The zero-order valence-electron chi connectivity index (χ0n) is 9.87. The molecule has 0 aromatic carbocycles. The molecule has 0 aliphatic rings. The average molecular weight is 250 g/mol. The van der Waals surface area contributed by atoms with E-state index < -0.39 is 6.10 Å². The molecule has 0 aliphatic heterocycles. The van der Waals surface area contributed by atoms with Gasteiger partial charge in [0.25, 0.3) is 5.89 Å². The molecule has 3 N–H and O–H groups in total. The standard InChI is InChI=1S/C11H14N4O3/c1-7-14-11(18-15-7)9-3-2-4-12-10(9)13-5-8(17)6-16/h2-4,8,16-17H,5-6H2,1H3,(H,12,13). The molecule has 0 bridgehead atoms. The van der Waals surface area contributed by atoms with Crippen molar-refractivity contribution in [3.8, 4) is 11.5 Å². The lowest BCUT2D eigenvalue weighted by molar-refractivity contribution is 0.105. The van der Waals surface area contributed by atoms with E-state index in [9.17, 15) is 5.11 Å². The number of pyridine rings is 1. The second kappa shape index (κ2) is 5.56. The van der Waals surface area contributed by atoms with Crippen LogP contribution in [-0.4, -0.2) is 44.6 Å². The van der Waals surface area contributed by atoms with Crippen LogP contribution in [0.4, 0.5) is 5.82 Å². The Morgan fingerprint density at radius 3 is 3.00 bits per heavy atom. The Morgan fingerprint density at radius 2 is 2.33 bits per heavy atom. The van der Waals surface area contributed by atoms with Crippen LogP contribution < -0.4 is 5.32 Å². The summed E-state index contributed by atoms with van der Waals surface area (Å²) in [5.74, 6) is 1.42. The Hall–Kier alpha value is -1.99. The molecule has 0 saturated carbocycles. The maximum Gasteiger partial charge on any atom is 0.261 e. The Morgan fingerprint density at radius 1 is 1.50 bits per heavy atom. The summed E-state index contributed by atoms with van der Waals surface area (Å²) in [6, 6.07) is 3.54. The van der Waals surface area contributed by atoms with E-state index in [2.05, 4.69) is 20.4 Å². The lowest BCUT2D eigenvalue weighted by atomic mass is 10.2. The molecular formula is C11H14N4O3. The molecule has 0 saturated heterocycles. The molecule has 96 valence electrons. The summed E-state index contributed by atoms with van der Waals surface area (Å²) in [5, 5.41) is 24.7. The van der Waals surface area contributed by atoms with Crippen molar-refractivity contribution in [1.29, 1.82) is 0 Å². The predicted octanol–water partition coefficient (Wildman–Crippen LogP) is 0.205. The van der Waals surface area contributed by atoms with Gasteiger partial charge in [-0.15, -0.1) is 0 Å². The van der Waals surface area contributed by atoms with Crippen LogP contribution in [0.3, 0.4) is 0 Å². The number of aryl methyl sites for hydroxylation is 1. The number of aromatic nitrogens is 3. The highest BCUT2D eigenvalue weighted by atomic mass is 16.5. The minimum Gasteiger partial charge on any atom is -0.394 e. The molecule has 0 radical (unpaired) electrons. The lowest BCUT2D eigenvalue weighted by Gasteiger charge is -2.11. The molecule has 18 heavy (non-hydrogen) atoms. The van der Waals surface area contributed by atoms with Crippen LogP contribution in [0.15, 0.2) is 22.9 Å². The molecule has 0 fully saturated rings. The first-order valence-electron chi connectivity index (χ1n) is 5.49. The first kappa shape index (κ1) is 12.5. The smallest absolute Gasteiger partial charge is 0.261 e. The van der Waals surface area contributed by atoms with E-state index in [-0.39, 0.29) is 13.2 Å². The van der Waals surface area contributed by atoms with Crippen molar-refractivity contribution in [2.75, 3.05) is 18.5 Å². The molecule has 1 unspecified atom stereocenters. The molecule has 7 nitrogen and oxygen atoms in total. The van der Waals surface area contributed by atoms with Gasteiger partial charge < -0.3 is 20.1 Å². The summed E-state index contributed by atoms with van der Waals surface area (Å²) in [6.07, 6.45) is 0.768. The molecule has 2 aromatic rings. The van der Waals surface area contributed by atoms with E-state index in [1.807, 2.05) is 0 Å². The molecule has 1 atom stereocenters. The van der Waals surface area contributed by atoms with Crippen molar-refractivity contribution in [2.24, 2.45) is 0 Å². The van der Waals surface area contributed by atoms with Crippen molar-refractivity contribution >= 4 is 5.82 Å². The molecule has 2 heterocycles. The highest BCUT2D eigenvalue weighted by molar-refractivity contribution is 5.68. The van der Waals surface area contributed by atoms with Gasteiger partial charge in [-0.1, -0.05) is 5.16 Å². The van der Waals surface area contributed by atoms with Gasteiger partial charge in [0.2, 0.25) is 0 Å². The Labute approximate surface area is 103 Å². The first-order chi connectivity index (χ1) is 8.70. The van der Waals surface area contributed by atoms with Crippen LogP contribution in [-0.2, 0) is 0 Å². The Balaban J connectivity index is 2.20. The monoisotopic (exact) mass is 250 g/mol. The Bertz CT molecular complexity index is 514. The third-order valence-electron chi connectivity index (χ3n) is 2.28.